The van der Waals surface area contributed by atoms with Gasteiger partial charge >= 0.3 is 0 Å². The predicted molar refractivity (Wildman–Crippen MR) is 57.7 cm³/mol. The molecule has 78 valence electrons. The van der Waals surface area contributed by atoms with Crippen molar-refractivity contribution >= 4 is 17.9 Å². The minimum atomic E-state index is 0.0607. The zero-order valence-electron chi connectivity index (χ0n) is 8.57. The lowest BCUT2D eigenvalue weighted by Crippen LogP contribution is -2.14. The van der Waals surface area contributed by atoms with Crippen molar-refractivity contribution in [2.24, 2.45) is 11.8 Å². The molecule has 2 rings (SSSR count). The van der Waals surface area contributed by atoms with Crippen LogP contribution in [0.4, 0.5) is 5.69 Å². The summed E-state index contributed by atoms with van der Waals surface area (Å²) in [4.78, 5) is 22.1. The Morgan fingerprint density at radius 3 is 2.87 bits per heavy atom. The summed E-state index contributed by atoms with van der Waals surface area (Å²) in [5, 5.41) is 2.81. The van der Waals surface area contributed by atoms with Gasteiger partial charge in [0.05, 0.1) is 0 Å². The van der Waals surface area contributed by atoms with E-state index in [0.29, 0.717) is 17.2 Å². The van der Waals surface area contributed by atoms with Crippen molar-refractivity contribution in [3.05, 3.63) is 29.8 Å². The summed E-state index contributed by atoms with van der Waals surface area (Å²) in [6.45, 7) is 2.06. The summed E-state index contributed by atoms with van der Waals surface area (Å²) < 4.78 is 0. The van der Waals surface area contributed by atoms with E-state index in [1.54, 1.807) is 24.3 Å². The van der Waals surface area contributed by atoms with E-state index in [4.69, 9.17) is 0 Å². The monoisotopic (exact) mass is 203 g/mol. The van der Waals surface area contributed by atoms with Gasteiger partial charge in [-0.25, -0.2) is 0 Å². The molecule has 15 heavy (non-hydrogen) atoms. The summed E-state index contributed by atoms with van der Waals surface area (Å²) in [7, 11) is 0. The normalized spacial score (nSPS) is 23.3. The molecule has 0 bridgehead atoms. The first-order valence-electron chi connectivity index (χ1n) is 5.07. The third-order valence-corrected chi connectivity index (χ3v) is 2.74. The van der Waals surface area contributed by atoms with Crippen LogP contribution in [0.25, 0.3) is 0 Å². The Kier molecular flexibility index (Phi) is 2.54. The zero-order chi connectivity index (χ0) is 10.8. The van der Waals surface area contributed by atoms with E-state index >= 15 is 0 Å². The van der Waals surface area contributed by atoms with Crippen LogP contribution in [0, 0.1) is 11.8 Å². The van der Waals surface area contributed by atoms with Crippen LogP contribution in [0.3, 0.4) is 0 Å². The maximum absolute atomic E-state index is 11.6. The van der Waals surface area contributed by atoms with Crippen molar-refractivity contribution in [3.63, 3.8) is 0 Å². The summed E-state index contributed by atoms with van der Waals surface area (Å²) in [6.07, 6.45) is 1.74. The molecular weight excluding hydrogens is 190 g/mol. The smallest absolute Gasteiger partial charge is 0.227 e. The summed E-state index contributed by atoms with van der Waals surface area (Å²) in [5.74, 6) is 0.717. The molecule has 1 aromatic carbocycles. The van der Waals surface area contributed by atoms with Crippen molar-refractivity contribution in [1.82, 2.24) is 0 Å². The van der Waals surface area contributed by atoms with E-state index in [-0.39, 0.29) is 11.8 Å². The van der Waals surface area contributed by atoms with Crippen molar-refractivity contribution < 1.29 is 9.59 Å². The zero-order valence-corrected chi connectivity index (χ0v) is 8.57. The van der Waals surface area contributed by atoms with Crippen LogP contribution in [-0.4, -0.2) is 12.2 Å². The molecule has 0 heterocycles. The van der Waals surface area contributed by atoms with Gasteiger partial charge in [-0.3, -0.25) is 9.59 Å². The standard InChI is InChI=1S/C12H13NO2/c1-8-5-11(8)12(15)13-10-4-2-3-9(6-10)7-14/h2-4,6-8,11H,5H2,1H3,(H,13,15). The fraction of sp³-hybridized carbons (Fsp3) is 0.333. The largest absolute Gasteiger partial charge is 0.326 e. The number of carbonyl (C=O) groups excluding carboxylic acids is 2. The minimum absolute atomic E-state index is 0.0607. The first-order chi connectivity index (χ1) is 7.20. The van der Waals surface area contributed by atoms with Gasteiger partial charge in [-0.15, -0.1) is 0 Å². The van der Waals surface area contributed by atoms with E-state index in [0.717, 1.165) is 12.7 Å². The van der Waals surface area contributed by atoms with E-state index in [1.165, 1.54) is 0 Å². The van der Waals surface area contributed by atoms with Gasteiger partial charge in [-0.2, -0.15) is 0 Å². The van der Waals surface area contributed by atoms with Gasteiger partial charge in [0.2, 0.25) is 5.91 Å². The molecule has 3 heteroatoms. The summed E-state index contributed by atoms with van der Waals surface area (Å²) >= 11 is 0. The highest BCUT2D eigenvalue weighted by Gasteiger charge is 2.38. The molecule has 0 radical (unpaired) electrons. The van der Waals surface area contributed by atoms with Crippen LogP contribution >= 0.6 is 0 Å². The lowest BCUT2D eigenvalue weighted by Gasteiger charge is -2.04. The lowest BCUT2D eigenvalue weighted by atomic mass is 10.2. The molecule has 3 nitrogen and oxygen atoms in total. The van der Waals surface area contributed by atoms with Crippen LogP contribution in [0.5, 0.6) is 0 Å². The Morgan fingerprint density at radius 1 is 1.53 bits per heavy atom. The van der Waals surface area contributed by atoms with Crippen LogP contribution in [0.2, 0.25) is 0 Å². The number of hydrogen-bond donors (Lipinski definition) is 1. The summed E-state index contributed by atoms with van der Waals surface area (Å²) in [5.41, 5.74) is 1.28. The molecule has 0 aliphatic heterocycles. The average molecular weight is 203 g/mol. The minimum Gasteiger partial charge on any atom is -0.326 e. The second-order valence-electron chi connectivity index (χ2n) is 4.05. The van der Waals surface area contributed by atoms with Crippen molar-refractivity contribution in [1.29, 1.82) is 0 Å². The molecule has 1 aliphatic carbocycles. The van der Waals surface area contributed by atoms with Crippen molar-refractivity contribution in [2.75, 3.05) is 5.32 Å². The molecule has 1 saturated carbocycles. The number of anilines is 1. The fourth-order valence-corrected chi connectivity index (χ4v) is 1.61. The molecule has 2 unspecified atom stereocenters. The first kappa shape index (κ1) is 9.90. The molecule has 1 aromatic rings. The van der Waals surface area contributed by atoms with Gasteiger partial charge in [-0.1, -0.05) is 19.1 Å². The Bertz CT molecular complexity index is 400. The highest BCUT2D eigenvalue weighted by Crippen LogP contribution is 2.38. The number of aldehydes is 1. The third kappa shape index (κ3) is 2.24. The van der Waals surface area contributed by atoms with E-state index in [9.17, 15) is 9.59 Å². The SMILES string of the molecule is CC1CC1C(=O)Nc1cccc(C=O)c1. The number of carbonyl (C=O) groups is 2. The molecule has 1 N–H and O–H groups in total. The number of rotatable bonds is 3. The maximum Gasteiger partial charge on any atom is 0.227 e. The Labute approximate surface area is 88.5 Å². The van der Waals surface area contributed by atoms with Gasteiger partial charge in [0.1, 0.15) is 6.29 Å². The molecule has 2 atom stereocenters. The topological polar surface area (TPSA) is 46.2 Å². The Balaban J connectivity index is 2.03. The quantitative estimate of drug-likeness (QED) is 0.764. The molecule has 0 spiro atoms. The fourth-order valence-electron chi connectivity index (χ4n) is 1.61. The molecule has 1 amide bonds. The third-order valence-electron chi connectivity index (χ3n) is 2.74. The number of hydrogen-bond acceptors (Lipinski definition) is 2. The average Bonchev–Trinajstić information content (AvgIpc) is 2.96. The number of amides is 1. The highest BCUT2D eigenvalue weighted by atomic mass is 16.2. The molecule has 0 aromatic heterocycles. The lowest BCUT2D eigenvalue weighted by molar-refractivity contribution is -0.117. The van der Waals surface area contributed by atoms with Gasteiger partial charge < -0.3 is 5.32 Å². The van der Waals surface area contributed by atoms with Crippen LogP contribution < -0.4 is 5.32 Å². The Hall–Kier alpha value is -1.64. The van der Waals surface area contributed by atoms with Crippen molar-refractivity contribution in [2.45, 2.75) is 13.3 Å². The van der Waals surface area contributed by atoms with E-state index in [1.807, 2.05) is 0 Å². The number of benzene rings is 1. The molecule has 1 aliphatic rings. The Morgan fingerprint density at radius 2 is 2.27 bits per heavy atom. The van der Waals surface area contributed by atoms with Crippen LogP contribution in [0.15, 0.2) is 24.3 Å². The van der Waals surface area contributed by atoms with Gasteiger partial charge in [-0.05, 0) is 24.5 Å². The number of nitrogens with one attached hydrogen (secondary N) is 1. The van der Waals surface area contributed by atoms with Gasteiger partial charge in [0.25, 0.3) is 0 Å². The predicted octanol–water partition coefficient (Wildman–Crippen LogP) is 2.09. The van der Waals surface area contributed by atoms with Crippen molar-refractivity contribution in [3.8, 4) is 0 Å². The van der Waals surface area contributed by atoms with Gasteiger partial charge in [0.15, 0.2) is 0 Å². The second-order valence-corrected chi connectivity index (χ2v) is 4.05. The highest BCUT2D eigenvalue weighted by molar-refractivity contribution is 5.95. The molecule has 1 fully saturated rings. The first-order valence-corrected chi connectivity index (χ1v) is 5.07. The van der Waals surface area contributed by atoms with E-state index < -0.39 is 0 Å². The van der Waals surface area contributed by atoms with Crippen LogP contribution in [0.1, 0.15) is 23.7 Å². The molecular formula is C12H13NO2. The summed E-state index contributed by atoms with van der Waals surface area (Å²) in [6, 6.07) is 6.94. The second kappa shape index (κ2) is 3.85. The van der Waals surface area contributed by atoms with Crippen LogP contribution in [-0.2, 0) is 4.79 Å². The van der Waals surface area contributed by atoms with E-state index in [2.05, 4.69) is 12.2 Å². The van der Waals surface area contributed by atoms with Gasteiger partial charge in [0, 0.05) is 17.2 Å². The molecule has 0 saturated heterocycles. The maximum atomic E-state index is 11.6.